The third-order valence-corrected chi connectivity index (χ3v) is 6.53. The van der Waals surface area contributed by atoms with Crippen LogP contribution in [0.5, 0.6) is 0 Å². The predicted octanol–water partition coefficient (Wildman–Crippen LogP) is 2.51. The first-order valence-electron chi connectivity index (χ1n) is 9.74. The Kier molecular flexibility index (Phi) is 7.23. The van der Waals surface area contributed by atoms with Crippen LogP contribution in [-0.4, -0.2) is 67.3 Å². The highest BCUT2D eigenvalue weighted by atomic mass is 32.2. The molecule has 0 radical (unpaired) electrons. The molecule has 26 heavy (non-hydrogen) atoms. The minimum atomic E-state index is 0.187. The van der Waals surface area contributed by atoms with Gasteiger partial charge in [0.1, 0.15) is 0 Å². The van der Waals surface area contributed by atoms with Gasteiger partial charge in [0.25, 0.3) is 0 Å². The van der Waals surface area contributed by atoms with Crippen LogP contribution in [0.2, 0.25) is 0 Å². The summed E-state index contributed by atoms with van der Waals surface area (Å²) in [5.74, 6) is 3.31. The molecule has 2 unspecified atom stereocenters. The van der Waals surface area contributed by atoms with Gasteiger partial charge in [0.15, 0.2) is 5.96 Å². The van der Waals surface area contributed by atoms with E-state index in [1.165, 1.54) is 23.5 Å². The van der Waals surface area contributed by atoms with E-state index in [1.54, 1.807) is 0 Å². The Morgan fingerprint density at radius 2 is 2.08 bits per heavy atom. The Labute approximate surface area is 162 Å². The minimum Gasteiger partial charge on any atom is -0.379 e. The van der Waals surface area contributed by atoms with Crippen LogP contribution in [0.4, 0.5) is 0 Å². The first kappa shape index (κ1) is 19.5. The molecule has 0 saturated carbocycles. The molecule has 0 aliphatic carbocycles. The van der Waals surface area contributed by atoms with Gasteiger partial charge < -0.3 is 15.4 Å². The summed E-state index contributed by atoms with van der Waals surface area (Å²) in [7, 11) is 0. The number of hydrogen-bond acceptors (Lipinski definition) is 4. The van der Waals surface area contributed by atoms with Gasteiger partial charge in [-0.3, -0.25) is 9.89 Å². The lowest BCUT2D eigenvalue weighted by Crippen LogP contribution is -2.56. The molecule has 1 aromatic carbocycles. The zero-order chi connectivity index (χ0) is 18.2. The molecule has 0 aromatic heterocycles. The number of ether oxygens (including phenoxy) is 1. The maximum Gasteiger partial charge on any atom is 0.191 e. The van der Waals surface area contributed by atoms with Crippen molar-refractivity contribution in [3.8, 4) is 0 Å². The van der Waals surface area contributed by atoms with Crippen molar-refractivity contribution in [3.05, 3.63) is 35.9 Å². The van der Waals surface area contributed by atoms with Crippen molar-refractivity contribution >= 4 is 17.7 Å². The molecule has 6 heteroatoms. The molecular weight excluding hydrogens is 344 g/mol. The Morgan fingerprint density at radius 3 is 2.73 bits per heavy atom. The fourth-order valence-electron chi connectivity index (χ4n) is 3.68. The molecule has 3 rings (SSSR count). The fraction of sp³-hybridized carbons (Fsp3) is 0.650. The molecule has 2 aliphatic heterocycles. The summed E-state index contributed by atoms with van der Waals surface area (Å²) in [6.45, 7) is 9.77. The van der Waals surface area contributed by atoms with E-state index in [-0.39, 0.29) is 11.6 Å². The molecule has 144 valence electrons. The molecule has 0 amide bonds. The summed E-state index contributed by atoms with van der Waals surface area (Å²) in [5.41, 5.74) is 1.46. The van der Waals surface area contributed by atoms with Crippen LogP contribution < -0.4 is 10.6 Å². The van der Waals surface area contributed by atoms with Crippen molar-refractivity contribution in [2.45, 2.75) is 31.8 Å². The SMILES string of the molecule is CCNC(=NCC1(N2CCOCC2)CCSC1)NC(C)c1ccccc1. The molecule has 1 aromatic rings. The largest absolute Gasteiger partial charge is 0.379 e. The standard InChI is InChI=1S/C20H32N4OS/c1-3-21-19(23-17(2)18-7-5-4-6-8-18)22-15-20(9-14-26-16-20)24-10-12-25-13-11-24/h4-8,17H,3,9-16H2,1-2H3,(H2,21,22,23). The van der Waals surface area contributed by atoms with E-state index in [1.807, 2.05) is 0 Å². The molecule has 0 bridgehead atoms. The van der Waals surface area contributed by atoms with Crippen LogP contribution in [0.25, 0.3) is 0 Å². The van der Waals surface area contributed by atoms with E-state index < -0.39 is 0 Å². The number of hydrogen-bond donors (Lipinski definition) is 2. The number of aliphatic imine (C=N–C) groups is 1. The van der Waals surface area contributed by atoms with Gasteiger partial charge in [-0.25, -0.2) is 0 Å². The maximum absolute atomic E-state index is 5.56. The Morgan fingerprint density at radius 1 is 1.31 bits per heavy atom. The lowest BCUT2D eigenvalue weighted by Gasteiger charge is -2.42. The van der Waals surface area contributed by atoms with Crippen molar-refractivity contribution in [1.82, 2.24) is 15.5 Å². The third-order valence-electron chi connectivity index (χ3n) is 5.29. The molecule has 2 fully saturated rings. The molecule has 2 heterocycles. The van der Waals surface area contributed by atoms with Gasteiger partial charge in [-0.1, -0.05) is 30.3 Å². The predicted molar refractivity (Wildman–Crippen MR) is 111 cm³/mol. The molecule has 2 atom stereocenters. The highest BCUT2D eigenvalue weighted by molar-refractivity contribution is 7.99. The van der Waals surface area contributed by atoms with Gasteiger partial charge in [-0.15, -0.1) is 0 Å². The topological polar surface area (TPSA) is 48.9 Å². The van der Waals surface area contributed by atoms with E-state index in [2.05, 4.69) is 71.5 Å². The lowest BCUT2D eigenvalue weighted by atomic mass is 9.96. The van der Waals surface area contributed by atoms with Crippen LogP contribution in [0.1, 0.15) is 31.9 Å². The lowest BCUT2D eigenvalue weighted by molar-refractivity contribution is -0.0104. The van der Waals surface area contributed by atoms with Gasteiger partial charge in [-0.05, 0) is 31.6 Å². The van der Waals surface area contributed by atoms with Crippen molar-refractivity contribution < 1.29 is 4.74 Å². The van der Waals surface area contributed by atoms with Crippen molar-refractivity contribution in [2.24, 2.45) is 4.99 Å². The number of nitrogens with one attached hydrogen (secondary N) is 2. The molecule has 2 saturated heterocycles. The van der Waals surface area contributed by atoms with E-state index in [9.17, 15) is 0 Å². The second-order valence-electron chi connectivity index (χ2n) is 7.10. The van der Waals surface area contributed by atoms with Gasteiger partial charge in [-0.2, -0.15) is 11.8 Å². The molecule has 0 spiro atoms. The second-order valence-corrected chi connectivity index (χ2v) is 8.20. The number of rotatable bonds is 6. The van der Waals surface area contributed by atoms with Crippen LogP contribution in [0.15, 0.2) is 35.3 Å². The zero-order valence-electron chi connectivity index (χ0n) is 16.0. The highest BCUT2D eigenvalue weighted by Gasteiger charge is 2.40. The fourth-order valence-corrected chi connectivity index (χ4v) is 5.15. The van der Waals surface area contributed by atoms with Crippen LogP contribution >= 0.6 is 11.8 Å². The average molecular weight is 377 g/mol. The summed E-state index contributed by atoms with van der Waals surface area (Å²) in [5, 5.41) is 6.98. The number of guanidine groups is 1. The third kappa shape index (κ3) is 4.93. The summed E-state index contributed by atoms with van der Waals surface area (Å²) < 4.78 is 5.56. The minimum absolute atomic E-state index is 0.187. The second kappa shape index (κ2) is 9.62. The zero-order valence-corrected chi connectivity index (χ0v) is 16.9. The van der Waals surface area contributed by atoms with Crippen molar-refractivity contribution in [2.75, 3.05) is 50.9 Å². The number of morpholine rings is 1. The van der Waals surface area contributed by atoms with Crippen LogP contribution in [0, 0.1) is 0 Å². The highest BCUT2D eigenvalue weighted by Crippen LogP contribution is 2.34. The summed E-state index contributed by atoms with van der Waals surface area (Å²) in [4.78, 5) is 7.62. The molecular formula is C20H32N4OS. The molecule has 2 N–H and O–H groups in total. The number of nitrogens with zero attached hydrogens (tertiary/aromatic N) is 2. The first-order chi connectivity index (χ1) is 12.7. The summed E-state index contributed by atoms with van der Waals surface area (Å²) in [6.07, 6.45) is 1.22. The van der Waals surface area contributed by atoms with E-state index in [0.29, 0.717) is 0 Å². The number of benzene rings is 1. The first-order valence-corrected chi connectivity index (χ1v) is 10.9. The Balaban J connectivity index is 1.68. The van der Waals surface area contributed by atoms with E-state index >= 15 is 0 Å². The van der Waals surface area contributed by atoms with Gasteiger partial charge >= 0.3 is 0 Å². The normalized spacial score (nSPS) is 25.8. The van der Waals surface area contributed by atoms with E-state index in [0.717, 1.165) is 45.4 Å². The molecule has 5 nitrogen and oxygen atoms in total. The van der Waals surface area contributed by atoms with Gasteiger partial charge in [0, 0.05) is 25.4 Å². The number of thioether (sulfide) groups is 1. The Hall–Kier alpha value is -1.24. The average Bonchev–Trinajstić information content (AvgIpc) is 3.18. The quantitative estimate of drug-likeness (QED) is 0.590. The van der Waals surface area contributed by atoms with Crippen LogP contribution in [-0.2, 0) is 4.74 Å². The van der Waals surface area contributed by atoms with Gasteiger partial charge in [0.2, 0.25) is 0 Å². The van der Waals surface area contributed by atoms with E-state index in [4.69, 9.17) is 9.73 Å². The van der Waals surface area contributed by atoms with Crippen molar-refractivity contribution in [1.29, 1.82) is 0 Å². The monoisotopic (exact) mass is 376 g/mol. The summed E-state index contributed by atoms with van der Waals surface area (Å²) in [6, 6.07) is 10.8. The molecule has 2 aliphatic rings. The van der Waals surface area contributed by atoms with Gasteiger partial charge in [0.05, 0.1) is 31.3 Å². The smallest absolute Gasteiger partial charge is 0.191 e. The Bertz CT molecular complexity index is 568. The summed E-state index contributed by atoms with van der Waals surface area (Å²) >= 11 is 2.06. The maximum atomic E-state index is 5.56. The van der Waals surface area contributed by atoms with Crippen molar-refractivity contribution in [3.63, 3.8) is 0 Å². The van der Waals surface area contributed by atoms with Crippen LogP contribution in [0.3, 0.4) is 0 Å².